The Balaban J connectivity index is 1.53. The number of hydrogen-bond donors (Lipinski definition) is 1. The highest BCUT2D eigenvalue weighted by Gasteiger charge is 2.36. The molecule has 0 radical (unpaired) electrons. The largest absolute Gasteiger partial charge is 0.368 e. The second-order valence-corrected chi connectivity index (χ2v) is 9.16. The topological polar surface area (TPSA) is 84.4 Å². The zero-order valence-electron chi connectivity index (χ0n) is 19.1. The number of aliphatic hydroxyl groups is 1. The fraction of sp³-hybridized carbons (Fsp3) is 0.522. The quantitative estimate of drug-likeness (QED) is 0.626. The van der Waals surface area contributed by atoms with E-state index < -0.39 is 18.2 Å². The third-order valence-corrected chi connectivity index (χ3v) is 7.07. The number of benzene rings is 1. The summed E-state index contributed by atoms with van der Waals surface area (Å²) in [6.45, 7) is 6.44. The van der Waals surface area contributed by atoms with Crippen LogP contribution in [0.4, 0.5) is 5.69 Å². The Bertz CT molecular complexity index is 929. The van der Waals surface area contributed by atoms with Gasteiger partial charge in [-0.2, -0.15) is 0 Å². The van der Waals surface area contributed by atoms with Gasteiger partial charge in [-0.15, -0.1) is 0 Å². The predicted molar refractivity (Wildman–Crippen MR) is 128 cm³/mol. The van der Waals surface area contributed by atoms with Gasteiger partial charge in [-0.25, -0.2) is 0 Å². The molecule has 1 saturated heterocycles. The van der Waals surface area contributed by atoms with E-state index in [1.54, 1.807) is 14.0 Å². The SMILES string of the molecule is CCCC(=O)N(C)[C@@H](C)C(=O)N1CCN(c2ccc(CN3C(=O)C(Cl)=C(Cl)C3O)cc2)CC1. The number of likely N-dealkylation sites (N-methyl/N-ethyl adjacent to an activating group) is 1. The molecule has 1 aromatic carbocycles. The lowest BCUT2D eigenvalue weighted by atomic mass is 10.1. The van der Waals surface area contributed by atoms with E-state index in [1.807, 2.05) is 36.1 Å². The highest BCUT2D eigenvalue weighted by atomic mass is 35.5. The van der Waals surface area contributed by atoms with Crippen LogP contribution >= 0.6 is 23.2 Å². The highest BCUT2D eigenvalue weighted by molar-refractivity contribution is 6.49. The van der Waals surface area contributed by atoms with Crippen molar-refractivity contribution in [2.24, 2.45) is 0 Å². The van der Waals surface area contributed by atoms with Gasteiger partial charge in [0.05, 0.1) is 5.03 Å². The van der Waals surface area contributed by atoms with Gasteiger partial charge in [0.2, 0.25) is 11.8 Å². The van der Waals surface area contributed by atoms with Gasteiger partial charge in [-0.1, -0.05) is 42.3 Å². The minimum Gasteiger partial charge on any atom is -0.368 e. The van der Waals surface area contributed by atoms with Crippen LogP contribution < -0.4 is 4.90 Å². The molecule has 0 aliphatic carbocycles. The van der Waals surface area contributed by atoms with Gasteiger partial charge in [0.1, 0.15) is 11.1 Å². The summed E-state index contributed by atoms with van der Waals surface area (Å²) in [4.78, 5) is 43.8. The molecule has 1 N–H and O–H groups in total. The molecule has 33 heavy (non-hydrogen) atoms. The Kier molecular flexibility index (Phi) is 8.26. The molecule has 180 valence electrons. The number of carbonyl (C=O) groups excluding carboxylic acids is 3. The Hall–Kier alpha value is -2.29. The van der Waals surface area contributed by atoms with Gasteiger partial charge in [-0.05, 0) is 31.0 Å². The summed E-state index contributed by atoms with van der Waals surface area (Å²) in [6.07, 6.45) is -0.0236. The molecule has 8 nitrogen and oxygen atoms in total. The summed E-state index contributed by atoms with van der Waals surface area (Å²) in [6, 6.07) is 7.22. The molecule has 1 aromatic rings. The molecule has 1 fully saturated rings. The van der Waals surface area contributed by atoms with Crippen LogP contribution in [0.25, 0.3) is 0 Å². The van der Waals surface area contributed by atoms with Gasteiger partial charge in [0, 0.05) is 51.9 Å². The van der Waals surface area contributed by atoms with Crippen molar-refractivity contribution in [3.8, 4) is 0 Å². The third-order valence-electron chi connectivity index (χ3n) is 6.22. The molecule has 10 heteroatoms. The Morgan fingerprint density at radius 3 is 2.27 bits per heavy atom. The van der Waals surface area contributed by atoms with Crippen LogP contribution in [-0.2, 0) is 20.9 Å². The number of piperazine rings is 1. The van der Waals surface area contributed by atoms with Gasteiger partial charge < -0.3 is 24.7 Å². The fourth-order valence-electron chi connectivity index (χ4n) is 3.98. The number of amides is 3. The molecule has 2 heterocycles. The standard InChI is InChI=1S/C23H30Cl2N4O4/c1-4-5-18(30)26(3)15(2)21(31)28-12-10-27(11-13-28)17-8-6-16(7-9-17)14-29-22(32)19(24)20(25)23(29)33/h6-9,15,22,32H,4-5,10-14H2,1-3H3/t15-,22?/m0/s1. The molecule has 3 rings (SSSR count). The molecule has 0 spiro atoms. The lowest BCUT2D eigenvalue weighted by Gasteiger charge is -2.38. The Labute approximate surface area is 204 Å². The molecule has 0 aromatic heterocycles. The van der Waals surface area contributed by atoms with Crippen LogP contribution in [-0.4, -0.2) is 83.0 Å². The molecule has 1 unspecified atom stereocenters. The average molecular weight is 497 g/mol. The molecule has 0 bridgehead atoms. The van der Waals surface area contributed by atoms with E-state index in [9.17, 15) is 19.5 Å². The molecular weight excluding hydrogens is 467 g/mol. The van der Waals surface area contributed by atoms with Crippen molar-refractivity contribution in [1.82, 2.24) is 14.7 Å². The first kappa shape index (κ1) is 25.3. The summed E-state index contributed by atoms with van der Waals surface area (Å²) >= 11 is 11.7. The lowest BCUT2D eigenvalue weighted by Crippen LogP contribution is -2.54. The lowest BCUT2D eigenvalue weighted by molar-refractivity contribution is -0.144. The van der Waals surface area contributed by atoms with Gasteiger partial charge >= 0.3 is 0 Å². The van der Waals surface area contributed by atoms with Crippen LogP contribution in [0.2, 0.25) is 0 Å². The second kappa shape index (κ2) is 10.8. The molecule has 0 saturated carbocycles. The summed E-state index contributed by atoms with van der Waals surface area (Å²) < 4.78 is 0. The number of halogens is 2. The van der Waals surface area contributed by atoms with Crippen LogP contribution in [0, 0.1) is 0 Å². The van der Waals surface area contributed by atoms with Gasteiger partial charge in [-0.3, -0.25) is 14.4 Å². The van der Waals surface area contributed by atoms with Crippen molar-refractivity contribution in [1.29, 1.82) is 0 Å². The molecule has 2 aliphatic heterocycles. The Morgan fingerprint density at radius 2 is 1.76 bits per heavy atom. The zero-order valence-corrected chi connectivity index (χ0v) is 20.6. The predicted octanol–water partition coefficient (Wildman–Crippen LogP) is 2.33. The number of nitrogens with zero attached hydrogens (tertiary/aromatic N) is 4. The van der Waals surface area contributed by atoms with Crippen molar-refractivity contribution in [3.05, 3.63) is 39.9 Å². The normalized spacial score (nSPS) is 19.9. The first-order valence-corrected chi connectivity index (χ1v) is 11.8. The van der Waals surface area contributed by atoms with Gasteiger partial charge in [0.15, 0.2) is 6.23 Å². The van der Waals surface area contributed by atoms with Crippen LogP contribution in [0.5, 0.6) is 0 Å². The average Bonchev–Trinajstić information content (AvgIpc) is 3.01. The van der Waals surface area contributed by atoms with E-state index in [0.29, 0.717) is 32.6 Å². The number of hydrogen-bond acceptors (Lipinski definition) is 5. The number of anilines is 1. The second-order valence-electron chi connectivity index (χ2n) is 8.38. The number of rotatable bonds is 7. The summed E-state index contributed by atoms with van der Waals surface area (Å²) in [7, 11) is 1.69. The number of carbonyl (C=O) groups is 3. The maximum Gasteiger partial charge on any atom is 0.269 e. The highest BCUT2D eigenvalue weighted by Crippen LogP contribution is 2.31. The molecule has 3 amide bonds. The molecule has 2 atom stereocenters. The van der Waals surface area contributed by atoms with Gasteiger partial charge in [0.25, 0.3) is 5.91 Å². The van der Waals surface area contributed by atoms with Crippen LogP contribution in [0.3, 0.4) is 0 Å². The van der Waals surface area contributed by atoms with E-state index >= 15 is 0 Å². The van der Waals surface area contributed by atoms with Crippen molar-refractivity contribution < 1.29 is 19.5 Å². The monoisotopic (exact) mass is 496 g/mol. The fourth-order valence-corrected chi connectivity index (χ4v) is 4.38. The zero-order chi connectivity index (χ0) is 24.3. The molecular formula is C23H30Cl2N4O4. The van der Waals surface area contributed by atoms with E-state index in [-0.39, 0.29) is 28.4 Å². The van der Waals surface area contributed by atoms with Crippen molar-refractivity contribution in [2.45, 2.75) is 45.5 Å². The summed E-state index contributed by atoms with van der Waals surface area (Å²) in [5.74, 6) is -0.535. The minimum absolute atomic E-state index is 0.0134. The van der Waals surface area contributed by atoms with E-state index in [0.717, 1.165) is 17.7 Å². The summed E-state index contributed by atoms with van der Waals surface area (Å²) in [5.41, 5.74) is 1.85. The van der Waals surface area contributed by atoms with E-state index in [4.69, 9.17) is 23.2 Å². The number of aliphatic hydroxyl groups excluding tert-OH is 1. The summed E-state index contributed by atoms with van der Waals surface area (Å²) in [5, 5.41) is 9.88. The third kappa shape index (κ3) is 5.45. The van der Waals surface area contributed by atoms with E-state index in [1.165, 1.54) is 9.80 Å². The smallest absolute Gasteiger partial charge is 0.269 e. The first-order valence-electron chi connectivity index (χ1n) is 11.1. The van der Waals surface area contributed by atoms with Crippen LogP contribution in [0.15, 0.2) is 34.3 Å². The van der Waals surface area contributed by atoms with Crippen molar-refractivity contribution in [2.75, 3.05) is 38.1 Å². The maximum atomic E-state index is 12.8. The maximum absolute atomic E-state index is 12.8. The van der Waals surface area contributed by atoms with Crippen molar-refractivity contribution in [3.63, 3.8) is 0 Å². The minimum atomic E-state index is -1.23. The van der Waals surface area contributed by atoms with Crippen LogP contribution in [0.1, 0.15) is 32.3 Å². The van der Waals surface area contributed by atoms with E-state index in [2.05, 4.69) is 4.90 Å². The first-order chi connectivity index (χ1) is 15.6. The Morgan fingerprint density at radius 1 is 1.15 bits per heavy atom. The molecule has 2 aliphatic rings. The van der Waals surface area contributed by atoms with Crippen molar-refractivity contribution >= 4 is 46.6 Å².